The first-order chi connectivity index (χ1) is 14.5. The van der Waals surface area contributed by atoms with Gasteiger partial charge in [-0.1, -0.05) is 13.0 Å². The number of hydrogen-bond acceptors (Lipinski definition) is 6. The summed E-state index contributed by atoms with van der Waals surface area (Å²) in [6.07, 6.45) is 2.82. The lowest BCUT2D eigenvalue weighted by Crippen LogP contribution is -2.19. The zero-order valence-electron chi connectivity index (χ0n) is 17.6. The van der Waals surface area contributed by atoms with E-state index in [9.17, 15) is 4.79 Å². The Morgan fingerprint density at radius 2 is 1.90 bits per heavy atom. The molecule has 1 fully saturated rings. The molecule has 0 bridgehead atoms. The smallest absolute Gasteiger partial charge is 0.264 e. The van der Waals surface area contributed by atoms with E-state index in [0.717, 1.165) is 23.4 Å². The third-order valence-corrected chi connectivity index (χ3v) is 5.33. The summed E-state index contributed by atoms with van der Waals surface area (Å²) < 4.78 is 16.8. The van der Waals surface area contributed by atoms with E-state index in [1.54, 1.807) is 7.11 Å². The van der Waals surface area contributed by atoms with E-state index in [1.165, 1.54) is 11.8 Å². The molecule has 1 aliphatic heterocycles. The average Bonchev–Trinajstić information content (AvgIpc) is 3.09. The van der Waals surface area contributed by atoms with Gasteiger partial charge in [0, 0.05) is 0 Å². The quantitative estimate of drug-likeness (QED) is 0.590. The fourth-order valence-corrected chi connectivity index (χ4v) is 3.55. The lowest BCUT2D eigenvalue weighted by molar-refractivity contribution is -0.115. The molecule has 2 aromatic carbocycles. The fourth-order valence-electron chi connectivity index (χ4n) is 2.70. The number of amides is 1. The molecule has 7 heteroatoms. The number of carbonyl (C=O) groups excluding carboxylic acids is 1. The second-order valence-electron chi connectivity index (χ2n) is 6.66. The highest BCUT2D eigenvalue weighted by Gasteiger charge is 2.24. The zero-order valence-corrected chi connectivity index (χ0v) is 18.4. The maximum Gasteiger partial charge on any atom is 0.264 e. The van der Waals surface area contributed by atoms with Gasteiger partial charge in [-0.2, -0.15) is 0 Å². The SMILES string of the molecule is CCOc1ccc(N=C2NC(=O)/C(=C\c3ccc(O[C@@H](C)CC)c(OC)c3)S2)cc1. The van der Waals surface area contributed by atoms with Crippen LogP contribution in [-0.2, 0) is 4.79 Å². The van der Waals surface area contributed by atoms with Gasteiger partial charge in [-0.25, -0.2) is 4.99 Å². The molecule has 158 valence electrons. The van der Waals surface area contributed by atoms with Crippen molar-refractivity contribution >= 4 is 34.6 Å². The van der Waals surface area contributed by atoms with Crippen molar-refractivity contribution in [3.8, 4) is 17.2 Å². The topological polar surface area (TPSA) is 69.2 Å². The molecule has 1 heterocycles. The van der Waals surface area contributed by atoms with Crippen LogP contribution in [0.5, 0.6) is 17.2 Å². The maximum absolute atomic E-state index is 12.4. The Bertz CT molecular complexity index is 954. The van der Waals surface area contributed by atoms with Gasteiger partial charge in [0.1, 0.15) is 5.75 Å². The molecule has 3 rings (SSSR count). The van der Waals surface area contributed by atoms with Crippen LogP contribution in [0.1, 0.15) is 32.8 Å². The summed E-state index contributed by atoms with van der Waals surface area (Å²) in [5.41, 5.74) is 1.60. The van der Waals surface area contributed by atoms with Gasteiger partial charge in [0.2, 0.25) is 0 Å². The summed E-state index contributed by atoms with van der Waals surface area (Å²) in [6.45, 7) is 6.64. The first-order valence-corrected chi connectivity index (χ1v) is 10.7. The molecular weight excluding hydrogens is 400 g/mol. The Balaban J connectivity index is 1.75. The fraction of sp³-hybridized carbons (Fsp3) is 0.304. The molecule has 0 unspecified atom stereocenters. The molecular formula is C23H26N2O4S. The highest BCUT2D eigenvalue weighted by atomic mass is 32.2. The third-order valence-electron chi connectivity index (χ3n) is 4.42. The van der Waals surface area contributed by atoms with Crippen LogP contribution >= 0.6 is 11.8 Å². The van der Waals surface area contributed by atoms with Crippen molar-refractivity contribution in [1.29, 1.82) is 0 Å². The largest absolute Gasteiger partial charge is 0.494 e. The van der Waals surface area contributed by atoms with Crippen LogP contribution in [-0.4, -0.2) is 30.9 Å². The summed E-state index contributed by atoms with van der Waals surface area (Å²) in [6, 6.07) is 13.1. The van der Waals surface area contributed by atoms with E-state index in [-0.39, 0.29) is 12.0 Å². The molecule has 1 atom stereocenters. The molecule has 0 aliphatic carbocycles. The van der Waals surface area contributed by atoms with Crippen molar-refractivity contribution in [3.63, 3.8) is 0 Å². The number of aliphatic imine (C=N–C) groups is 1. The Hall–Kier alpha value is -2.93. The van der Waals surface area contributed by atoms with Crippen LogP contribution in [0.15, 0.2) is 52.4 Å². The van der Waals surface area contributed by atoms with Gasteiger partial charge in [0.15, 0.2) is 16.7 Å². The van der Waals surface area contributed by atoms with Crippen molar-refractivity contribution in [2.24, 2.45) is 4.99 Å². The second-order valence-corrected chi connectivity index (χ2v) is 7.69. The van der Waals surface area contributed by atoms with Gasteiger partial charge in [-0.05, 0) is 80.1 Å². The molecule has 0 spiro atoms. The lowest BCUT2D eigenvalue weighted by atomic mass is 10.2. The average molecular weight is 427 g/mol. The van der Waals surface area contributed by atoms with Crippen molar-refractivity contribution in [2.75, 3.05) is 13.7 Å². The van der Waals surface area contributed by atoms with E-state index in [4.69, 9.17) is 14.2 Å². The highest BCUT2D eigenvalue weighted by molar-refractivity contribution is 8.18. The third kappa shape index (κ3) is 5.57. The number of rotatable bonds is 8. The minimum atomic E-state index is -0.177. The van der Waals surface area contributed by atoms with Crippen LogP contribution in [0.4, 0.5) is 5.69 Å². The van der Waals surface area contributed by atoms with E-state index < -0.39 is 0 Å². The molecule has 0 aromatic heterocycles. The van der Waals surface area contributed by atoms with Gasteiger partial charge in [-0.15, -0.1) is 0 Å². The number of nitrogens with zero attached hydrogens (tertiary/aromatic N) is 1. The normalized spacial score (nSPS) is 17.1. The van der Waals surface area contributed by atoms with Crippen LogP contribution in [0, 0.1) is 0 Å². The van der Waals surface area contributed by atoms with Crippen molar-refractivity contribution in [1.82, 2.24) is 5.32 Å². The Kier molecular flexibility index (Phi) is 7.41. The van der Waals surface area contributed by atoms with Crippen molar-refractivity contribution < 1.29 is 19.0 Å². The van der Waals surface area contributed by atoms with Crippen molar-refractivity contribution in [2.45, 2.75) is 33.3 Å². The molecule has 1 aliphatic rings. The van der Waals surface area contributed by atoms with Gasteiger partial charge in [-0.3, -0.25) is 4.79 Å². The minimum Gasteiger partial charge on any atom is -0.494 e. The lowest BCUT2D eigenvalue weighted by Gasteiger charge is -2.15. The zero-order chi connectivity index (χ0) is 21.5. The second kappa shape index (κ2) is 10.2. The van der Waals surface area contributed by atoms with Crippen LogP contribution in [0.25, 0.3) is 6.08 Å². The Morgan fingerprint density at radius 1 is 1.13 bits per heavy atom. The first-order valence-electron chi connectivity index (χ1n) is 9.89. The van der Waals surface area contributed by atoms with Crippen molar-refractivity contribution in [3.05, 3.63) is 52.9 Å². The van der Waals surface area contributed by atoms with Crippen LogP contribution in [0.3, 0.4) is 0 Å². The molecule has 1 N–H and O–H groups in total. The monoisotopic (exact) mass is 426 g/mol. The number of ether oxygens (including phenoxy) is 3. The van der Waals surface area contributed by atoms with Crippen LogP contribution < -0.4 is 19.5 Å². The van der Waals surface area contributed by atoms with E-state index >= 15 is 0 Å². The molecule has 30 heavy (non-hydrogen) atoms. The number of nitrogens with one attached hydrogen (secondary N) is 1. The van der Waals surface area contributed by atoms with Gasteiger partial charge in [0.05, 0.1) is 30.4 Å². The number of methoxy groups -OCH3 is 1. The Labute approximate surface area is 181 Å². The summed E-state index contributed by atoms with van der Waals surface area (Å²) in [7, 11) is 1.61. The predicted molar refractivity (Wildman–Crippen MR) is 122 cm³/mol. The minimum absolute atomic E-state index is 0.0978. The van der Waals surface area contributed by atoms with E-state index in [2.05, 4.69) is 17.2 Å². The number of carbonyl (C=O) groups is 1. The molecule has 0 radical (unpaired) electrons. The number of amidine groups is 1. The summed E-state index contributed by atoms with van der Waals surface area (Å²) >= 11 is 1.30. The maximum atomic E-state index is 12.4. The number of thioether (sulfide) groups is 1. The summed E-state index contributed by atoms with van der Waals surface area (Å²) in [4.78, 5) is 17.4. The molecule has 0 saturated carbocycles. The first kappa shape index (κ1) is 21.8. The molecule has 1 saturated heterocycles. The standard InChI is InChI=1S/C23H26N2O4S/c1-5-15(3)29-19-12-7-16(13-20(19)27-4)14-21-22(26)25-23(30-21)24-17-8-10-18(11-9-17)28-6-2/h7-15H,5-6H2,1-4H3,(H,24,25,26)/b21-14+/t15-/m0/s1. The Morgan fingerprint density at radius 3 is 2.57 bits per heavy atom. The summed E-state index contributed by atoms with van der Waals surface area (Å²) in [5.74, 6) is 1.94. The molecule has 1 amide bonds. The van der Waals surface area contributed by atoms with E-state index in [0.29, 0.717) is 28.2 Å². The molecule has 2 aromatic rings. The highest BCUT2D eigenvalue weighted by Crippen LogP contribution is 2.33. The van der Waals surface area contributed by atoms with Gasteiger partial charge in [0.25, 0.3) is 5.91 Å². The van der Waals surface area contributed by atoms with Crippen LogP contribution in [0.2, 0.25) is 0 Å². The number of benzene rings is 2. The summed E-state index contributed by atoms with van der Waals surface area (Å²) in [5, 5.41) is 3.35. The van der Waals surface area contributed by atoms with E-state index in [1.807, 2.05) is 62.4 Å². The number of hydrogen-bond donors (Lipinski definition) is 1. The molecule has 6 nitrogen and oxygen atoms in total. The van der Waals surface area contributed by atoms with Gasteiger partial charge >= 0.3 is 0 Å². The predicted octanol–water partition coefficient (Wildman–Crippen LogP) is 5.16. The van der Waals surface area contributed by atoms with Gasteiger partial charge < -0.3 is 19.5 Å².